The maximum atomic E-state index is 11.1. The van der Waals surface area contributed by atoms with Crippen molar-refractivity contribution < 1.29 is 14.6 Å². The molecule has 0 atom stereocenters. The summed E-state index contributed by atoms with van der Waals surface area (Å²) in [4.78, 5) is 15.1. The highest BCUT2D eigenvalue weighted by atomic mass is 35.5. The summed E-state index contributed by atoms with van der Waals surface area (Å²) in [6, 6.07) is 6.45. The molecule has 104 valence electrons. The third-order valence-electron chi connectivity index (χ3n) is 2.64. The molecule has 5 nitrogen and oxygen atoms in total. The van der Waals surface area contributed by atoms with E-state index in [2.05, 4.69) is 4.98 Å². The number of aromatic carboxylic acids is 1. The Hall–Kier alpha value is -1.98. The Morgan fingerprint density at radius 1 is 1.35 bits per heavy atom. The number of benzene rings is 1. The Kier molecular flexibility index (Phi) is 4.01. The Balaban J connectivity index is 2.61. The Morgan fingerprint density at radius 2 is 2.05 bits per heavy atom. The van der Waals surface area contributed by atoms with Crippen molar-refractivity contribution in [1.82, 2.24) is 4.98 Å². The average Bonchev–Trinajstić information content (AvgIpc) is 2.42. The van der Waals surface area contributed by atoms with Crippen molar-refractivity contribution in [1.29, 1.82) is 0 Å². The summed E-state index contributed by atoms with van der Waals surface area (Å²) < 4.78 is 5.11. The Morgan fingerprint density at radius 3 is 2.65 bits per heavy atom. The van der Waals surface area contributed by atoms with Crippen molar-refractivity contribution in [3.63, 3.8) is 0 Å². The van der Waals surface area contributed by atoms with Gasteiger partial charge >= 0.3 is 5.97 Å². The number of anilines is 1. The van der Waals surface area contributed by atoms with Gasteiger partial charge in [0.15, 0.2) is 5.69 Å². The first-order chi connectivity index (χ1) is 9.43. The van der Waals surface area contributed by atoms with Gasteiger partial charge in [0.05, 0.1) is 28.5 Å². The molecule has 0 radical (unpaired) electrons. The summed E-state index contributed by atoms with van der Waals surface area (Å²) in [6.07, 6.45) is 0. The van der Waals surface area contributed by atoms with E-state index in [1.807, 2.05) is 0 Å². The van der Waals surface area contributed by atoms with Crippen molar-refractivity contribution in [2.45, 2.75) is 0 Å². The van der Waals surface area contributed by atoms with Gasteiger partial charge < -0.3 is 15.6 Å². The van der Waals surface area contributed by atoms with E-state index in [0.717, 1.165) is 0 Å². The molecule has 2 rings (SSSR count). The van der Waals surface area contributed by atoms with Crippen molar-refractivity contribution in [2.75, 3.05) is 12.8 Å². The summed E-state index contributed by atoms with van der Waals surface area (Å²) >= 11 is 11.8. The second-order valence-corrected chi connectivity index (χ2v) is 4.70. The largest absolute Gasteiger partial charge is 0.495 e. The second-order valence-electron chi connectivity index (χ2n) is 3.91. The molecule has 0 aliphatic rings. The Labute approximate surface area is 124 Å². The van der Waals surface area contributed by atoms with E-state index in [-0.39, 0.29) is 16.4 Å². The van der Waals surface area contributed by atoms with Crippen LogP contribution in [0.1, 0.15) is 10.5 Å². The van der Waals surface area contributed by atoms with Crippen LogP contribution in [0.25, 0.3) is 11.3 Å². The van der Waals surface area contributed by atoms with Gasteiger partial charge in [0.2, 0.25) is 0 Å². The topological polar surface area (TPSA) is 85.4 Å². The number of nitrogen functional groups attached to an aromatic ring is 1. The lowest BCUT2D eigenvalue weighted by Gasteiger charge is -2.09. The van der Waals surface area contributed by atoms with E-state index in [0.29, 0.717) is 22.0 Å². The SMILES string of the molecule is COc1cc(-c2cc(N)c(Cl)c(C(=O)O)n2)ccc1Cl. The van der Waals surface area contributed by atoms with Crippen LogP contribution in [0.4, 0.5) is 5.69 Å². The van der Waals surface area contributed by atoms with Crippen molar-refractivity contribution in [3.8, 4) is 17.0 Å². The third kappa shape index (κ3) is 2.64. The molecule has 2 aromatic rings. The van der Waals surface area contributed by atoms with Gasteiger partial charge in [-0.1, -0.05) is 29.3 Å². The van der Waals surface area contributed by atoms with Gasteiger partial charge in [-0.25, -0.2) is 9.78 Å². The Bertz CT molecular complexity index is 690. The van der Waals surface area contributed by atoms with Crippen LogP contribution in [-0.4, -0.2) is 23.2 Å². The maximum Gasteiger partial charge on any atom is 0.356 e. The number of hydrogen-bond donors (Lipinski definition) is 2. The first kappa shape index (κ1) is 14.4. The lowest BCUT2D eigenvalue weighted by molar-refractivity contribution is 0.0691. The zero-order chi connectivity index (χ0) is 14.9. The van der Waals surface area contributed by atoms with E-state index in [9.17, 15) is 4.79 Å². The number of rotatable bonds is 3. The zero-order valence-corrected chi connectivity index (χ0v) is 11.9. The van der Waals surface area contributed by atoms with Gasteiger partial charge in [-0.05, 0) is 18.2 Å². The van der Waals surface area contributed by atoms with Gasteiger partial charge in [0, 0.05) is 5.56 Å². The van der Waals surface area contributed by atoms with Crippen LogP contribution in [0.15, 0.2) is 24.3 Å². The highest BCUT2D eigenvalue weighted by molar-refractivity contribution is 6.35. The molecule has 0 fully saturated rings. The van der Waals surface area contributed by atoms with E-state index < -0.39 is 5.97 Å². The number of nitrogens with zero attached hydrogens (tertiary/aromatic N) is 1. The fraction of sp³-hybridized carbons (Fsp3) is 0.0769. The van der Waals surface area contributed by atoms with Gasteiger partial charge in [0.1, 0.15) is 5.75 Å². The number of pyridine rings is 1. The van der Waals surface area contributed by atoms with Crippen molar-refractivity contribution in [2.24, 2.45) is 0 Å². The van der Waals surface area contributed by atoms with Crippen LogP contribution in [0.2, 0.25) is 10.0 Å². The van der Waals surface area contributed by atoms with Crippen LogP contribution in [0, 0.1) is 0 Å². The number of carboxylic acid groups (broad SMARTS) is 1. The number of carboxylic acids is 1. The molecule has 0 aliphatic carbocycles. The molecular weight excluding hydrogens is 303 g/mol. The molecule has 20 heavy (non-hydrogen) atoms. The lowest BCUT2D eigenvalue weighted by Crippen LogP contribution is -2.05. The highest BCUT2D eigenvalue weighted by Gasteiger charge is 2.16. The smallest absolute Gasteiger partial charge is 0.356 e. The molecule has 1 aromatic heterocycles. The molecule has 0 aliphatic heterocycles. The number of halogens is 2. The molecule has 7 heteroatoms. The third-order valence-corrected chi connectivity index (χ3v) is 3.34. The lowest BCUT2D eigenvalue weighted by atomic mass is 10.1. The molecule has 0 bridgehead atoms. The van der Waals surface area contributed by atoms with Gasteiger partial charge in [-0.15, -0.1) is 0 Å². The summed E-state index contributed by atoms with van der Waals surface area (Å²) in [5, 5.41) is 9.42. The molecule has 1 aromatic carbocycles. The summed E-state index contributed by atoms with van der Waals surface area (Å²) in [7, 11) is 1.48. The predicted molar refractivity (Wildman–Crippen MR) is 77.6 cm³/mol. The number of aromatic nitrogens is 1. The number of hydrogen-bond acceptors (Lipinski definition) is 4. The van der Waals surface area contributed by atoms with E-state index in [4.69, 9.17) is 38.8 Å². The zero-order valence-electron chi connectivity index (χ0n) is 10.4. The van der Waals surface area contributed by atoms with Crippen molar-refractivity contribution in [3.05, 3.63) is 40.0 Å². The minimum Gasteiger partial charge on any atom is -0.495 e. The average molecular weight is 313 g/mol. The summed E-state index contributed by atoms with van der Waals surface area (Å²) in [6.45, 7) is 0. The highest BCUT2D eigenvalue weighted by Crippen LogP contribution is 2.32. The van der Waals surface area contributed by atoms with E-state index in [1.165, 1.54) is 13.2 Å². The minimum atomic E-state index is -1.25. The van der Waals surface area contributed by atoms with Crippen LogP contribution >= 0.6 is 23.2 Å². The fourth-order valence-corrected chi connectivity index (χ4v) is 2.03. The van der Waals surface area contributed by atoms with Gasteiger partial charge in [0.25, 0.3) is 0 Å². The summed E-state index contributed by atoms with van der Waals surface area (Å²) in [5.41, 5.74) is 6.55. The standard InChI is InChI=1S/C13H10Cl2N2O3/c1-20-10-4-6(2-3-7(10)14)9-5-8(16)11(15)12(17-9)13(18)19/h2-5H,1H3,(H2,16,17)(H,18,19). The number of methoxy groups -OCH3 is 1. The van der Waals surface area contributed by atoms with Crippen LogP contribution in [0.5, 0.6) is 5.75 Å². The van der Waals surface area contributed by atoms with Gasteiger partial charge in [-0.2, -0.15) is 0 Å². The predicted octanol–water partition coefficient (Wildman–Crippen LogP) is 3.34. The van der Waals surface area contributed by atoms with Crippen LogP contribution in [0.3, 0.4) is 0 Å². The molecule has 0 spiro atoms. The number of carbonyl (C=O) groups is 1. The monoisotopic (exact) mass is 312 g/mol. The molecule has 0 saturated carbocycles. The van der Waals surface area contributed by atoms with Crippen LogP contribution in [-0.2, 0) is 0 Å². The van der Waals surface area contributed by atoms with Crippen LogP contribution < -0.4 is 10.5 Å². The molecule has 3 N–H and O–H groups in total. The normalized spacial score (nSPS) is 10.3. The number of ether oxygens (including phenoxy) is 1. The summed E-state index contributed by atoms with van der Waals surface area (Å²) in [5.74, 6) is -0.791. The molecule has 0 saturated heterocycles. The van der Waals surface area contributed by atoms with Gasteiger partial charge in [-0.3, -0.25) is 0 Å². The first-order valence-corrected chi connectivity index (χ1v) is 6.23. The van der Waals surface area contributed by atoms with E-state index >= 15 is 0 Å². The fourth-order valence-electron chi connectivity index (χ4n) is 1.66. The van der Waals surface area contributed by atoms with Crippen molar-refractivity contribution >= 4 is 34.9 Å². The minimum absolute atomic E-state index is 0.0813. The maximum absolute atomic E-state index is 11.1. The quantitative estimate of drug-likeness (QED) is 0.907. The second kappa shape index (κ2) is 5.56. The molecular formula is C13H10Cl2N2O3. The van der Waals surface area contributed by atoms with E-state index in [1.54, 1.807) is 18.2 Å². The number of nitrogens with two attached hydrogens (primary N) is 1. The molecule has 0 amide bonds. The molecule has 1 heterocycles. The molecule has 0 unspecified atom stereocenters. The first-order valence-electron chi connectivity index (χ1n) is 5.47.